The molecule has 1 rings (SSSR count). The van der Waals surface area contributed by atoms with Crippen LogP contribution in [-0.2, 0) is 16.0 Å². The van der Waals surface area contributed by atoms with E-state index in [1.807, 2.05) is 0 Å². The first kappa shape index (κ1) is 14.9. The molecule has 0 radical (unpaired) electrons. The monoisotopic (exact) mass is 314 g/mol. The molecule has 0 N–H and O–H groups in total. The Balaban J connectivity index is 2.98. The molecule has 0 aromatic heterocycles. The number of esters is 1. The SMILES string of the molecule is C=CC(C)(Cc1ccc(F)cc1Br)C(=O)OCC. The number of hydrogen-bond donors (Lipinski definition) is 0. The zero-order valence-electron chi connectivity index (χ0n) is 10.5. The second-order valence-electron chi connectivity index (χ2n) is 4.25. The first-order chi connectivity index (χ1) is 8.42. The van der Waals surface area contributed by atoms with Gasteiger partial charge in [-0.05, 0) is 38.0 Å². The summed E-state index contributed by atoms with van der Waals surface area (Å²) < 4.78 is 18.7. The Morgan fingerprint density at radius 1 is 1.61 bits per heavy atom. The molecule has 1 unspecified atom stereocenters. The van der Waals surface area contributed by atoms with Crippen LogP contribution in [0.4, 0.5) is 4.39 Å². The molecule has 0 heterocycles. The molecule has 1 aromatic rings. The van der Waals surface area contributed by atoms with E-state index in [4.69, 9.17) is 4.74 Å². The minimum absolute atomic E-state index is 0.318. The van der Waals surface area contributed by atoms with Gasteiger partial charge in [0.1, 0.15) is 5.82 Å². The first-order valence-electron chi connectivity index (χ1n) is 5.67. The molecule has 1 aromatic carbocycles. The van der Waals surface area contributed by atoms with Gasteiger partial charge in [0.05, 0.1) is 12.0 Å². The molecular formula is C14H16BrFO2. The maximum atomic E-state index is 13.0. The number of rotatable bonds is 5. The van der Waals surface area contributed by atoms with Crippen molar-refractivity contribution >= 4 is 21.9 Å². The van der Waals surface area contributed by atoms with Gasteiger partial charge in [0.15, 0.2) is 0 Å². The van der Waals surface area contributed by atoms with Crippen molar-refractivity contribution in [3.8, 4) is 0 Å². The highest BCUT2D eigenvalue weighted by atomic mass is 79.9. The van der Waals surface area contributed by atoms with Crippen LogP contribution in [-0.4, -0.2) is 12.6 Å². The summed E-state index contributed by atoms with van der Waals surface area (Å²) in [6.45, 7) is 7.53. The highest BCUT2D eigenvalue weighted by Crippen LogP contribution is 2.29. The Labute approximate surface area is 115 Å². The minimum Gasteiger partial charge on any atom is -0.465 e. The summed E-state index contributed by atoms with van der Waals surface area (Å²) in [5.74, 6) is -0.640. The lowest BCUT2D eigenvalue weighted by atomic mass is 9.84. The maximum absolute atomic E-state index is 13.0. The van der Waals surface area contributed by atoms with E-state index in [2.05, 4.69) is 22.5 Å². The van der Waals surface area contributed by atoms with Gasteiger partial charge in [-0.15, -0.1) is 6.58 Å². The lowest BCUT2D eigenvalue weighted by Crippen LogP contribution is -2.30. The van der Waals surface area contributed by atoms with Gasteiger partial charge in [-0.25, -0.2) is 4.39 Å². The largest absolute Gasteiger partial charge is 0.465 e. The van der Waals surface area contributed by atoms with E-state index in [0.29, 0.717) is 17.5 Å². The van der Waals surface area contributed by atoms with Crippen LogP contribution in [0.1, 0.15) is 19.4 Å². The zero-order chi connectivity index (χ0) is 13.8. The number of benzene rings is 1. The predicted molar refractivity (Wildman–Crippen MR) is 72.7 cm³/mol. The molecule has 4 heteroatoms. The van der Waals surface area contributed by atoms with Crippen LogP contribution in [0.15, 0.2) is 35.3 Å². The summed E-state index contributed by atoms with van der Waals surface area (Å²) in [7, 11) is 0. The zero-order valence-corrected chi connectivity index (χ0v) is 12.1. The van der Waals surface area contributed by atoms with E-state index in [0.717, 1.165) is 5.56 Å². The molecule has 18 heavy (non-hydrogen) atoms. The lowest BCUT2D eigenvalue weighted by Gasteiger charge is -2.23. The maximum Gasteiger partial charge on any atom is 0.315 e. The summed E-state index contributed by atoms with van der Waals surface area (Å²) >= 11 is 3.29. The molecule has 0 aliphatic rings. The van der Waals surface area contributed by atoms with Gasteiger partial charge in [-0.2, -0.15) is 0 Å². The fourth-order valence-corrected chi connectivity index (χ4v) is 2.08. The van der Waals surface area contributed by atoms with E-state index in [-0.39, 0.29) is 11.8 Å². The van der Waals surface area contributed by atoms with Crippen LogP contribution < -0.4 is 0 Å². The Bertz CT molecular complexity index is 459. The van der Waals surface area contributed by atoms with Crippen molar-refractivity contribution in [2.45, 2.75) is 20.3 Å². The van der Waals surface area contributed by atoms with Crippen LogP contribution in [0.5, 0.6) is 0 Å². The molecule has 0 fully saturated rings. The standard InChI is InChI=1S/C14H16BrFO2/c1-4-14(3,13(17)18-5-2)9-10-6-7-11(16)8-12(10)15/h4,6-8H,1,5,9H2,2-3H3. The van der Waals surface area contributed by atoms with Crippen molar-refractivity contribution in [2.75, 3.05) is 6.61 Å². The van der Waals surface area contributed by atoms with E-state index < -0.39 is 5.41 Å². The van der Waals surface area contributed by atoms with Crippen LogP contribution in [0.25, 0.3) is 0 Å². The van der Waals surface area contributed by atoms with E-state index in [1.54, 1.807) is 26.0 Å². The Morgan fingerprint density at radius 3 is 2.78 bits per heavy atom. The molecule has 0 aliphatic carbocycles. The van der Waals surface area contributed by atoms with Crippen molar-refractivity contribution in [1.29, 1.82) is 0 Å². The van der Waals surface area contributed by atoms with Gasteiger partial charge < -0.3 is 4.74 Å². The second-order valence-corrected chi connectivity index (χ2v) is 5.11. The number of carbonyl (C=O) groups is 1. The average Bonchev–Trinajstić information content (AvgIpc) is 2.33. The van der Waals surface area contributed by atoms with E-state index >= 15 is 0 Å². The lowest BCUT2D eigenvalue weighted by molar-refractivity contribution is -0.151. The summed E-state index contributed by atoms with van der Waals surface area (Å²) in [4.78, 5) is 11.9. The van der Waals surface area contributed by atoms with Gasteiger partial charge >= 0.3 is 5.97 Å². The molecule has 2 nitrogen and oxygen atoms in total. The fourth-order valence-electron chi connectivity index (χ4n) is 1.58. The molecule has 0 saturated carbocycles. The van der Waals surface area contributed by atoms with Gasteiger partial charge in [-0.3, -0.25) is 4.79 Å². The third-order valence-electron chi connectivity index (χ3n) is 2.77. The molecule has 0 saturated heterocycles. The predicted octanol–water partition coefficient (Wildman–Crippen LogP) is 3.89. The Hall–Kier alpha value is -1.16. The molecule has 0 amide bonds. The van der Waals surface area contributed by atoms with Gasteiger partial charge in [0.25, 0.3) is 0 Å². The van der Waals surface area contributed by atoms with Gasteiger partial charge in [0, 0.05) is 4.47 Å². The van der Waals surface area contributed by atoms with Crippen molar-refractivity contribution in [2.24, 2.45) is 5.41 Å². The van der Waals surface area contributed by atoms with Crippen LogP contribution in [0, 0.1) is 11.2 Å². The molecule has 0 aliphatic heterocycles. The summed E-state index contributed by atoms with van der Waals surface area (Å²) in [5, 5.41) is 0. The molecule has 0 bridgehead atoms. The highest BCUT2D eigenvalue weighted by molar-refractivity contribution is 9.10. The summed E-state index contributed by atoms with van der Waals surface area (Å²) in [5.41, 5.74) is 0.0305. The Morgan fingerprint density at radius 2 is 2.28 bits per heavy atom. The van der Waals surface area contributed by atoms with Crippen molar-refractivity contribution in [3.63, 3.8) is 0 Å². The third kappa shape index (κ3) is 3.42. The third-order valence-corrected chi connectivity index (χ3v) is 3.50. The molecule has 98 valence electrons. The quantitative estimate of drug-likeness (QED) is 0.609. The van der Waals surface area contributed by atoms with Crippen LogP contribution in [0.2, 0.25) is 0 Å². The normalized spacial score (nSPS) is 13.8. The average molecular weight is 315 g/mol. The molecule has 0 spiro atoms. The molecule has 1 atom stereocenters. The highest BCUT2D eigenvalue weighted by Gasteiger charge is 2.32. The first-order valence-corrected chi connectivity index (χ1v) is 6.47. The van der Waals surface area contributed by atoms with Crippen LogP contribution in [0.3, 0.4) is 0 Å². The number of hydrogen-bond acceptors (Lipinski definition) is 2. The van der Waals surface area contributed by atoms with E-state index in [9.17, 15) is 9.18 Å². The summed E-state index contributed by atoms with van der Waals surface area (Å²) in [6.07, 6.45) is 1.98. The van der Waals surface area contributed by atoms with Crippen LogP contribution >= 0.6 is 15.9 Å². The van der Waals surface area contributed by atoms with Crippen molar-refractivity contribution in [1.82, 2.24) is 0 Å². The number of ether oxygens (including phenoxy) is 1. The minimum atomic E-state index is -0.809. The van der Waals surface area contributed by atoms with Crippen molar-refractivity contribution < 1.29 is 13.9 Å². The number of carbonyl (C=O) groups excluding carboxylic acids is 1. The summed E-state index contributed by atoms with van der Waals surface area (Å²) in [6, 6.07) is 4.40. The second kappa shape index (κ2) is 6.14. The number of halogens is 2. The smallest absolute Gasteiger partial charge is 0.315 e. The molecular weight excluding hydrogens is 299 g/mol. The van der Waals surface area contributed by atoms with Gasteiger partial charge in [0.2, 0.25) is 0 Å². The topological polar surface area (TPSA) is 26.3 Å². The fraction of sp³-hybridized carbons (Fsp3) is 0.357. The Kier molecular flexibility index (Phi) is 5.08. The van der Waals surface area contributed by atoms with E-state index in [1.165, 1.54) is 12.1 Å². The van der Waals surface area contributed by atoms with Crippen molar-refractivity contribution in [3.05, 3.63) is 46.7 Å². The van der Waals surface area contributed by atoms with Gasteiger partial charge in [-0.1, -0.05) is 28.1 Å².